The molecule has 0 spiro atoms. The topological polar surface area (TPSA) is 102 Å². The van der Waals surface area contributed by atoms with Crippen LogP contribution in [0.2, 0.25) is 0 Å². The molecule has 96 valence electrons. The molecule has 0 aliphatic carbocycles. The lowest BCUT2D eigenvalue weighted by Gasteiger charge is -2.06. The number of aromatic nitrogens is 2. The Bertz CT molecular complexity index is 531. The van der Waals surface area contributed by atoms with Gasteiger partial charge in [0.15, 0.2) is 0 Å². The van der Waals surface area contributed by atoms with Crippen molar-refractivity contribution in [3.63, 3.8) is 0 Å². The Labute approximate surface area is 109 Å². The zero-order valence-corrected chi connectivity index (χ0v) is 11.1. The largest absolute Gasteiger partial charge is 0.368 e. The molecule has 6 nitrogen and oxygen atoms in total. The maximum absolute atomic E-state index is 5.58. The minimum Gasteiger partial charge on any atom is -0.368 e. The Morgan fingerprint density at radius 1 is 1.22 bits per heavy atom. The molecule has 2 aromatic rings. The number of nitrogens with zero attached hydrogens (tertiary/aromatic N) is 2. The summed E-state index contributed by atoms with van der Waals surface area (Å²) < 4.78 is 0. The molecule has 2 aromatic heterocycles. The van der Waals surface area contributed by atoms with Crippen LogP contribution < -0.4 is 22.3 Å². The summed E-state index contributed by atoms with van der Waals surface area (Å²) in [5.74, 6) is 6.62. The molecule has 2 heterocycles. The molecule has 0 saturated carbocycles. The van der Waals surface area contributed by atoms with Crippen LogP contribution in [0.5, 0.6) is 0 Å². The van der Waals surface area contributed by atoms with Gasteiger partial charge in [0.2, 0.25) is 5.95 Å². The van der Waals surface area contributed by atoms with Crippen LogP contribution in [-0.4, -0.2) is 9.97 Å². The second kappa shape index (κ2) is 5.19. The van der Waals surface area contributed by atoms with Gasteiger partial charge in [0, 0.05) is 15.8 Å². The zero-order chi connectivity index (χ0) is 13.1. The molecule has 18 heavy (non-hydrogen) atoms. The third-order valence-electron chi connectivity index (χ3n) is 2.55. The molecule has 0 atom stereocenters. The van der Waals surface area contributed by atoms with Crippen LogP contribution in [0.3, 0.4) is 0 Å². The minimum absolute atomic E-state index is 0.187. The average Bonchev–Trinajstić information content (AvgIpc) is 2.65. The molecule has 6 N–H and O–H groups in total. The molecular formula is C11H16N6S. The fraction of sp³-hybridized carbons (Fsp3) is 0.273. The van der Waals surface area contributed by atoms with Gasteiger partial charge in [-0.25, -0.2) is 5.84 Å². The minimum atomic E-state index is 0.187. The van der Waals surface area contributed by atoms with Crippen LogP contribution in [-0.2, 0) is 6.54 Å². The highest BCUT2D eigenvalue weighted by atomic mass is 32.1. The summed E-state index contributed by atoms with van der Waals surface area (Å²) in [7, 11) is 0. The molecule has 0 bridgehead atoms. The third kappa shape index (κ3) is 2.88. The standard InChI is InChI=1S/C11H16N6S/c1-6-3-8(18-7(6)2)5-14-9-4-10(17-13)16-11(12)15-9/h3-4H,5,13H2,1-2H3,(H4,12,14,15,16,17). The van der Waals surface area contributed by atoms with Crippen LogP contribution >= 0.6 is 11.3 Å². The van der Waals surface area contributed by atoms with Gasteiger partial charge >= 0.3 is 0 Å². The van der Waals surface area contributed by atoms with Crippen molar-refractivity contribution in [1.82, 2.24) is 9.97 Å². The summed E-state index contributed by atoms with van der Waals surface area (Å²) >= 11 is 1.77. The number of hydrazine groups is 1. The van der Waals surface area contributed by atoms with E-state index in [9.17, 15) is 0 Å². The SMILES string of the molecule is Cc1cc(CNc2cc(NN)nc(N)n2)sc1C. The molecule has 0 radical (unpaired) electrons. The maximum Gasteiger partial charge on any atom is 0.223 e. The summed E-state index contributed by atoms with van der Waals surface area (Å²) in [4.78, 5) is 10.6. The summed E-state index contributed by atoms with van der Waals surface area (Å²) in [5.41, 5.74) is 9.34. The molecular weight excluding hydrogens is 248 g/mol. The van der Waals surface area contributed by atoms with Gasteiger partial charge in [-0.1, -0.05) is 0 Å². The molecule has 0 aromatic carbocycles. The zero-order valence-electron chi connectivity index (χ0n) is 10.3. The van der Waals surface area contributed by atoms with Crippen molar-refractivity contribution in [3.8, 4) is 0 Å². The van der Waals surface area contributed by atoms with E-state index in [1.165, 1.54) is 15.3 Å². The summed E-state index contributed by atoms with van der Waals surface area (Å²) in [5, 5.41) is 3.20. The smallest absolute Gasteiger partial charge is 0.223 e. The number of anilines is 3. The fourth-order valence-electron chi connectivity index (χ4n) is 1.54. The Morgan fingerprint density at radius 3 is 2.56 bits per heavy atom. The first kappa shape index (κ1) is 12.6. The second-order valence-corrected chi connectivity index (χ2v) is 5.29. The number of hydrogen-bond donors (Lipinski definition) is 4. The van der Waals surface area contributed by atoms with Crippen molar-refractivity contribution in [1.29, 1.82) is 0 Å². The molecule has 0 unspecified atom stereocenters. The lowest BCUT2D eigenvalue weighted by Crippen LogP contribution is -2.11. The first-order valence-corrected chi connectivity index (χ1v) is 6.31. The Hall–Kier alpha value is -1.86. The van der Waals surface area contributed by atoms with Crippen molar-refractivity contribution in [2.24, 2.45) is 5.84 Å². The Balaban J connectivity index is 2.07. The van der Waals surface area contributed by atoms with Gasteiger partial charge in [0.05, 0.1) is 6.54 Å². The lowest BCUT2D eigenvalue weighted by molar-refractivity contribution is 1.10. The van der Waals surface area contributed by atoms with Gasteiger partial charge < -0.3 is 16.5 Å². The van der Waals surface area contributed by atoms with Crippen molar-refractivity contribution in [3.05, 3.63) is 27.5 Å². The first-order valence-electron chi connectivity index (χ1n) is 5.49. The maximum atomic E-state index is 5.58. The van der Waals surface area contributed by atoms with Crippen molar-refractivity contribution in [2.75, 3.05) is 16.5 Å². The number of hydrogen-bond acceptors (Lipinski definition) is 7. The predicted octanol–water partition coefficient (Wildman–Crippen LogP) is 1.63. The highest BCUT2D eigenvalue weighted by Gasteiger charge is 2.04. The number of rotatable bonds is 4. The second-order valence-electron chi connectivity index (χ2n) is 3.95. The molecule has 0 fully saturated rings. The number of nitrogens with two attached hydrogens (primary N) is 2. The Kier molecular flexibility index (Phi) is 3.63. The van der Waals surface area contributed by atoms with E-state index >= 15 is 0 Å². The molecule has 0 aliphatic rings. The number of nitrogens with one attached hydrogen (secondary N) is 2. The summed E-state index contributed by atoms with van der Waals surface area (Å²) in [6.45, 7) is 4.93. The quantitative estimate of drug-likeness (QED) is 0.494. The van der Waals surface area contributed by atoms with E-state index in [2.05, 4.69) is 40.6 Å². The van der Waals surface area contributed by atoms with Gasteiger partial charge in [-0.05, 0) is 25.5 Å². The highest BCUT2D eigenvalue weighted by molar-refractivity contribution is 7.12. The summed E-state index contributed by atoms with van der Waals surface area (Å²) in [6, 6.07) is 3.88. The van der Waals surface area contributed by atoms with Gasteiger partial charge in [0.1, 0.15) is 11.6 Å². The highest BCUT2D eigenvalue weighted by Crippen LogP contribution is 2.21. The van der Waals surface area contributed by atoms with E-state index in [1.54, 1.807) is 17.4 Å². The lowest BCUT2D eigenvalue weighted by atomic mass is 10.3. The number of thiophene rings is 1. The van der Waals surface area contributed by atoms with E-state index in [-0.39, 0.29) is 5.95 Å². The monoisotopic (exact) mass is 264 g/mol. The van der Waals surface area contributed by atoms with Gasteiger partial charge in [0.25, 0.3) is 0 Å². The molecule has 2 rings (SSSR count). The van der Waals surface area contributed by atoms with Crippen molar-refractivity contribution in [2.45, 2.75) is 20.4 Å². The van der Waals surface area contributed by atoms with Crippen LogP contribution in [0.15, 0.2) is 12.1 Å². The average molecular weight is 264 g/mol. The van der Waals surface area contributed by atoms with Crippen LogP contribution in [0.1, 0.15) is 15.3 Å². The number of aryl methyl sites for hydroxylation is 2. The predicted molar refractivity (Wildman–Crippen MR) is 75.4 cm³/mol. The third-order valence-corrected chi connectivity index (χ3v) is 3.70. The van der Waals surface area contributed by atoms with E-state index in [4.69, 9.17) is 11.6 Å². The first-order chi connectivity index (χ1) is 8.58. The van der Waals surface area contributed by atoms with E-state index in [1.807, 2.05) is 0 Å². The van der Waals surface area contributed by atoms with E-state index < -0.39 is 0 Å². The van der Waals surface area contributed by atoms with Crippen molar-refractivity contribution >= 4 is 28.9 Å². The number of nitrogen functional groups attached to an aromatic ring is 2. The van der Waals surface area contributed by atoms with Crippen molar-refractivity contribution < 1.29 is 0 Å². The normalized spacial score (nSPS) is 10.4. The van der Waals surface area contributed by atoms with Crippen LogP contribution in [0.4, 0.5) is 17.6 Å². The van der Waals surface area contributed by atoms with Gasteiger partial charge in [-0.3, -0.25) is 0 Å². The van der Waals surface area contributed by atoms with E-state index in [0.29, 0.717) is 18.2 Å². The van der Waals surface area contributed by atoms with E-state index in [0.717, 1.165) is 0 Å². The summed E-state index contributed by atoms with van der Waals surface area (Å²) in [6.07, 6.45) is 0. The molecule has 0 amide bonds. The Morgan fingerprint density at radius 2 is 1.94 bits per heavy atom. The fourth-order valence-corrected chi connectivity index (χ4v) is 2.54. The van der Waals surface area contributed by atoms with Gasteiger partial charge in [-0.2, -0.15) is 9.97 Å². The molecule has 7 heteroatoms. The van der Waals surface area contributed by atoms with Crippen LogP contribution in [0.25, 0.3) is 0 Å². The molecule has 0 saturated heterocycles. The molecule has 0 aliphatic heterocycles. The van der Waals surface area contributed by atoms with Gasteiger partial charge in [-0.15, -0.1) is 11.3 Å². The van der Waals surface area contributed by atoms with Crippen LogP contribution in [0, 0.1) is 13.8 Å².